The van der Waals surface area contributed by atoms with E-state index in [0.29, 0.717) is 6.42 Å². The Hall–Kier alpha value is -1.35. The number of ketones is 1. The first-order valence-electron chi connectivity index (χ1n) is 6.39. The van der Waals surface area contributed by atoms with Crippen molar-refractivity contribution in [2.45, 2.75) is 40.2 Å². The van der Waals surface area contributed by atoms with Crippen molar-refractivity contribution in [2.24, 2.45) is 0 Å². The van der Waals surface area contributed by atoms with Crippen LogP contribution in [0, 0.1) is 13.8 Å². The van der Waals surface area contributed by atoms with Gasteiger partial charge in [0, 0.05) is 18.5 Å². The van der Waals surface area contributed by atoms with E-state index in [1.54, 1.807) is 14.0 Å². The second kappa shape index (κ2) is 7.17. The van der Waals surface area contributed by atoms with Crippen molar-refractivity contribution in [2.75, 3.05) is 13.7 Å². The molecule has 0 aliphatic heterocycles. The van der Waals surface area contributed by atoms with Crippen molar-refractivity contribution in [3.8, 4) is 5.75 Å². The molecule has 0 fully saturated rings. The Labute approximate surface area is 110 Å². The molecule has 0 atom stereocenters. The third kappa shape index (κ3) is 4.49. The molecule has 0 aromatic heterocycles. The number of carbonyl (C=O) groups excluding carboxylic acids is 1. The van der Waals surface area contributed by atoms with Gasteiger partial charge in [-0.05, 0) is 50.9 Å². The van der Waals surface area contributed by atoms with Gasteiger partial charge in [-0.1, -0.05) is 6.07 Å². The van der Waals surface area contributed by atoms with E-state index in [4.69, 9.17) is 4.74 Å². The zero-order valence-electron chi connectivity index (χ0n) is 11.8. The first-order valence-corrected chi connectivity index (χ1v) is 6.39. The number of ether oxygens (including phenoxy) is 1. The zero-order valence-corrected chi connectivity index (χ0v) is 11.8. The van der Waals surface area contributed by atoms with Crippen LogP contribution in [0.25, 0.3) is 0 Å². The Kier molecular flexibility index (Phi) is 5.86. The van der Waals surface area contributed by atoms with Gasteiger partial charge in [0.25, 0.3) is 0 Å². The fourth-order valence-electron chi connectivity index (χ4n) is 1.86. The van der Waals surface area contributed by atoms with Gasteiger partial charge in [-0.25, -0.2) is 0 Å². The number of carbonyl (C=O) groups is 1. The van der Waals surface area contributed by atoms with Gasteiger partial charge in [0.15, 0.2) is 0 Å². The molecule has 0 heterocycles. The third-order valence-electron chi connectivity index (χ3n) is 3.09. The fourth-order valence-corrected chi connectivity index (χ4v) is 1.86. The fraction of sp³-hybridized carbons (Fsp3) is 0.533. The summed E-state index contributed by atoms with van der Waals surface area (Å²) in [5.74, 6) is 1.18. The van der Waals surface area contributed by atoms with E-state index in [2.05, 4.69) is 31.3 Å². The molecule has 1 N–H and O–H groups in total. The summed E-state index contributed by atoms with van der Waals surface area (Å²) in [5.41, 5.74) is 3.69. The summed E-state index contributed by atoms with van der Waals surface area (Å²) in [6.07, 6.45) is 1.54. The Balaban J connectivity index is 2.51. The van der Waals surface area contributed by atoms with Crippen LogP contribution in [0.1, 0.15) is 36.5 Å². The average molecular weight is 249 g/mol. The molecule has 1 rings (SSSR count). The monoisotopic (exact) mass is 249 g/mol. The maximum Gasteiger partial charge on any atom is 0.129 e. The summed E-state index contributed by atoms with van der Waals surface area (Å²) in [5, 5.41) is 3.35. The summed E-state index contributed by atoms with van der Waals surface area (Å²) in [4.78, 5) is 10.8. The molecule has 1 aromatic rings. The molecular formula is C15H23NO2. The van der Waals surface area contributed by atoms with E-state index in [-0.39, 0.29) is 5.78 Å². The molecule has 0 aliphatic carbocycles. The number of methoxy groups -OCH3 is 1. The molecule has 0 spiro atoms. The Morgan fingerprint density at radius 1 is 1.28 bits per heavy atom. The van der Waals surface area contributed by atoms with Gasteiger partial charge in [0.2, 0.25) is 0 Å². The van der Waals surface area contributed by atoms with Crippen LogP contribution in [0.15, 0.2) is 12.1 Å². The highest BCUT2D eigenvalue weighted by Gasteiger charge is 2.05. The van der Waals surface area contributed by atoms with Gasteiger partial charge in [0.05, 0.1) is 7.11 Å². The minimum Gasteiger partial charge on any atom is -0.496 e. The standard InChI is InChI=1S/C15H23NO2/c1-11-8-14(15(18-4)9-12(11)2)10-16-7-5-6-13(3)17/h8-9,16H,5-7,10H2,1-4H3. The minimum atomic E-state index is 0.251. The van der Waals surface area contributed by atoms with Crippen LogP contribution in [0.3, 0.4) is 0 Å². The molecule has 0 saturated carbocycles. The van der Waals surface area contributed by atoms with Gasteiger partial charge in [-0.3, -0.25) is 0 Å². The van der Waals surface area contributed by atoms with Crippen LogP contribution < -0.4 is 10.1 Å². The largest absolute Gasteiger partial charge is 0.496 e. The third-order valence-corrected chi connectivity index (χ3v) is 3.09. The first kappa shape index (κ1) is 14.7. The summed E-state index contributed by atoms with van der Waals surface area (Å²) in [7, 11) is 1.70. The quantitative estimate of drug-likeness (QED) is 0.755. The van der Waals surface area contributed by atoms with Gasteiger partial charge >= 0.3 is 0 Å². The van der Waals surface area contributed by atoms with E-state index >= 15 is 0 Å². The summed E-state index contributed by atoms with van der Waals surface area (Å²) in [6.45, 7) is 7.46. The van der Waals surface area contributed by atoms with Crippen molar-refractivity contribution in [1.82, 2.24) is 5.32 Å². The number of hydrogen-bond donors (Lipinski definition) is 1. The smallest absolute Gasteiger partial charge is 0.129 e. The van der Waals surface area contributed by atoms with Crippen molar-refractivity contribution in [3.05, 3.63) is 28.8 Å². The van der Waals surface area contributed by atoms with E-state index in [9.17, 15) is 4.79 Å². The van der Waals surface area contributed by atoms with Crippen molar-refractivity contribution >= 4 is 5.78 Å². The second-order valence-electron chi connectivity index (χ2n) is 4.73. The van der Waals surface area contributed by atoms with E-state index < -0.39 is 0 Å². The van der Waals surface area contributed by atoms with Crippen LogP contribution in [0.4, 0.5) is 0 Å². The summed E-state index contributed by atoms with van der Waals surface area (Å²) < 4.78 is 5.38. The predicted octanol–water partition coefficient (Wildman–Crippen LogP) is 2.77. The van der Waals surface area contributed by atoms with Gasteiger partial charge in [-0.2, -0.15) is 0 Å². The molecule has 0 radical (unpaired) electrons. The number of Topliss-reactive ketones (excluding diaryl/α,β-unsaturated/α-hetero) is 1. The molecule has 3 nitrogen and oxygen atoms in total. The maximum absolute atomic E-state index is 10.8. The topological polar surface area (TPSA) is 38.3 Å². The average Bonchev–Trinajstić information content (AvgIpc) is 2.32. The highest BCUT2D eigenvalue weighted by molar-refractivity contribution is 5.75. The molecule has 0 saturated heterocycles. The van der Waals surface area contributed by atoms with E-state index in [1.807, 2.05) is 0 Å². The molecular weight excluding hydrogens is 226 g/mol. The van der Waals surface area contributed by atoms with Crippen molar-refractivity contribution in [1.29, 1.82) is 0 Å². The van der Waals surface area contributed by atoms with Crippen molar-refractivity contribution in [3.63, 3.8) is 0 Å². The number of nitrogens with one attached hydrogen (secondary N) is 1. The Bertz CT molecular complexity index is 413. The zero-order chi connectivity index (χ0) is 13.5. The summed E-state index contributed by atoms with van der Waals surface area (Å²) in [6, 6.07) is 4.23. The predicted molar refractivity (Wildman–Crippen MR) is 74.1 cm³/mol. The number of benzene rings is 1. The molecule has 3 heteroatoms. The highest BCUT2D eigenvalue weighted by Crippen LogP contribution is 2.22. The van der Waals surface area contributed by atoms with Crippen LogP contribution >= 0.6 is 0 Å². The van der Waals surface area contributed by atoms with E-state index in [1.165, 1.54) is 16.7 Å². The van der Waals surface area contributed by atoms with Crippen LogP contribution in [0.2, 0.25) is 0 Å². The lowest BCUT2D eigenvalue weighted by Gasteiger charge is -2.12. The van der Waals surface area contributed by atoms with Crippen LogP contribution in [-0.2, 0) is 11.3 Å². The summed E-state index contributed by atoms with van der Waals surface area (Å²) >= 11 is 0. The van der Waals surface area contributed by atoms with Gasteiger partial charge in [0.1, 0.15) is 11.5 Å². The second-order valence-corrected chi connectivity index (χ2v) is 4.73. The minimum absolute atomic E-state index is 0.251. The Morgan fingerprint density at radius 2 is 1.94 bits per heavy atom. The normalized spacial score (nSPS) is 10.4. The van der Waals surface area contributed by atoms with Crippen molar-refractivity contribution < 1.29 is 9.53 Å². The maximum atomic E-state index is 10.8. The molecule has 18 heavy (non-hydrogen) atoms. The van der Waals surface area contributed by atoms with Gasteiger partial charge < -0.3 is 14.8 Å². The van der Waals surface area contributed by atoms with Crippen LogP contribution in [-0.4, -0.2) is 19.4 Å². The molecule has 0 amide bonds. The molecule has 100 valence electrons. The molecule has 0 unspecified atom stereocenters. The first-order chi connectivity index (χ1) is 8.54. The molecule has 1 aromatic carbocycles. The molecule has 0 aliphatic rings. The SMILES string of the molecule is COc1cc(C)c(C)cc1CNCCCC(C)=O. The lowest BCUT2D eigenvalue weighted by atomic mass is 10.0. The number of rotatable bonds is 7. The van der Waals surface area contributed by atoms with Crippen LogP contribution in [0.5, 0.6) is 5.75 Å². The number of hydrogen-bond acceptors (Lipinski definition) is 3. The number of aryl methyl sites for hydroxylation is 2. The lowest BCUT2D eigenvalue weighted by Crippen LogP contribution is -2.16. The van der Waals surface area contributed by atoms with Gasteiger partial charge in [-0.15, -0.1) is 0 Å². The lowest BCUT2D eigenvalue weighted by molar-refractivity contribution is -0.117. The Morgan fingerprint density at radius 3 is 2.56 bits per heavy atom. The highest BCUT2D eigenvalue weighted by atomic mass is 16.5. The van der Waals surface area contributed by atoms with E-state index in [0.717, 1.165) is 25.3 Å². The molecule has 0 bridgehead atoms.